The standard InChI is InChI=1S/C12H28N/c1-5-8-11-13(4,10-7-3)12-9-6-2/h5-12H2,1-4H3/q+1. The Balaban J connectivity index is 3.84. The van der Waals surface area contributed by atoms with E-state index in [1.807, 2.05) is 0 Å². The summed E-state index contributed by atoms with van der Waals surface area (Å²) in [5, 5.41) is 0. The summed E-state index contributed by atoms with van der Waals surface area (Å²) < 4.78 is 1.30. The van der Waals surface area contributed by atoms with Gasteiger partial charge in [0.2, 0.25) is 0 Å². The third kappa shape index (κ3) is 6.09. The third-order valence-corrected chi connectivity index (χ3v) is 2.87. The van der Waals surface area contributed by atoms with Crippen molar-refractivity contribution in [3.05, 3.63) is 0 Å². The smallest absolute Gasteiger partial charge is 0.0784 e. The number of unbranched alkanes of at least 4 members (excludes halogenated alkanes) is 2. The van der Waals surface area contributed by atoms with Crippen molar-refractivity contribution >= 4 is 0 Å². The Morgan fingerprint density at radius 2 is 1.15 bits per heavy atom. The topological polar surface area (TPSA) is 0 Å². The SMILES string of the molecule is CCCC[N+](C)(CCC)CCCC. The fraction of sp³-hybridized carbons (Fsp3) is 1.00. The molecular formula is C12H28N+. The van der Waals surface area contributed by atoms with Gasteiger partial charge in [-0.25, -0.2) is 0 Å². The van der Waals surface area contributed by atoms with Crippen LogP contribution in [0.4, 0.5) is 0 Å². The molecule has 0 aliphatic rings. The summed E-state index contributed by atoms with van der Waals surface area (Å²) in [6.07, 6.45) is 6.78. The number of rotatable bonds is 8. The molecule has 0 rings (SSSR count). The summed E-state index contributed by atoms with van der Waals surface area (Å²) in [6, 6.07) is 0. The van der Waals surface area contributed by atoms with Crippen molar-refractivity contribution in [1.82, 2.24) is 0 Å². The van der Waals surface area contributed by atoms with Crippen LogP contribution in [0.2, 0.25) is 0 Å². The minimum atomic E-state index is 1.30. The van der Waals surface area contributed by atoms with Crippen LogP contribution in [0.5, 0.6) is 0 Å². The monoisotopic (exact) mass is 186 g/mol. The maximum Gasteiger partial charge on any atom is 0.0784 e. The van der Waals surface area contributed by atoms with Crippen LogP contribution in [0.25, 0.3) is 0 Å². The molecule has 0 amide bonds. The Morgan fingerprint density at radius 1 is 0.692 bits per heavy atom. The summed E-state index contributed by atoms with van der Waals surface area (Å²) in [6.45, 7) is 11.0. The van der Waals surface area contributed by atoms with Crippen molar-refractivity contribution in [3.63, 3.8) is 0 Å². The molecule has 0 aliphatic carbocycles. The lowest BCUT2D eigenvalue weighted by molar-refractivity contribution is -0.910. The zero-order valence-corrected chi connectivity index (χ0v) is 10.1. The van der Waals surface area contributed by atoms with Gasteiger partial charge in [0, 0.05) is 0 Å². The molecule has 80 valence electrons. The van der Waals surface area contributed by atoms with Gasteiger partial charge in [0.1, 0.15) is 0 Å². The molecule has 0 bridgehead atoms. The second kappa shape index (κ2) is 7.37. The molecule has 1 heteroatoms. The van der Waals surface area contributed by atoms with Crippen LogP contribution in [0.15, 0.2) is 0 Å². The maximum absolute atomic E-state index is 2.43. The zero-order chi connectivity index (χ0) is 10.2. The van der Waals surface area contributed by atoms with E-state index < -0.39 is 0 Å². The number of hydrogen-bond donors (Lipinski definition) is 0. The first-order valence-corrected chi connectivity index (χ1v) is 6.02. The average molecular weight is 186 g/mol. The van der Waals surface area contributed by atoms with E-state index >= 15 is 0 Å². The van der Waals surface area contributed by atoms with E-state index in [1.165, 1.54) is 56.2 Å². The van der Waals surface area contributed by atoms with Gasteiger partial charge >= 0.3 is 0 Å². The highest BCUT2D eigenvalue weighted by Gasteiger charge is 2.18. The number of nitrogens with zero attached hydrogens (tertiary/aromatic N) is 1. The zero-order valence-electron chi connectivity index (χ0n) is 10.1. The Bertz CT molecular complexity index is 102. The molecule has 0 aromatic carbocycles. The molecule has 13 heavy (non-hydrogen) atoms. The van der Waals surface area contributed by atoms with Gasteiger partial charge in [-0.3, -0.25) is 0 Å². The van der Waals surface area contributed by atoms with E-state index in [4.69, 9.17) is 0 Å². The fourth-order valence-electron chi connectivity index (χ4n) is 1.95. The van der Waals surface area contributed by atoms with E-state index in [-0.39, 0.29) is 0 Å². The second-order valence-electron chi connectivity index (χ2n) is 4.50. The van der Waals surface area contributed by atoms with Crippen molar-refractivity contribution in [3.8, 4) is 0 Å². The van der Waals surface area contributed by atoms with E-state index in [9.17, 15) is 0 Å². The van der Waals surface area contributed by atoms with Gasteiger partial charge in [-0.1, -0.05) is 33.6 Å². The van der Waals surface area contributed by atoms with Crippen molar-refractivity contribution < 1.29 is 4.48 Å². The highest BCUT2D eigenvalue weighted by Crippen LogP contribution is 2.09. The molecule has 0 unspecified atom stereocenters. The molecule has 1 nitrogen and oxygen atoms in total. The van der Waals surface area contributed by atoms with E-state index in [0.29, 0.717) is 0 Å². The molecule has 0 fully saturated rings. The lowest BCUT2D eigenvalue weighted by Crippen LogP contribution is -2.46. The first-order chi connectivity index (χ1) is 6.18. The van der Waals surface area contributed by atoms with Gasteiger partial charge in [0.25, 0.3) is 0 Å². The van der Waals surface area contributed by atoms with Crippen LogP contribution in [0.3, 0.4) is 0 Å². The predicted octanol–water partition coefficient (Wildman–Crippen LogP) is 3.44. The molecule has 0 aromatic heterocycles. The van der Waals surface area contributed by atoms with E-state index in [0.717, 1.165) is 0 Å². The third-order valence-electron chi connectivity index (χ3n) is 2.87. The Hall–Kier alpha value is -0.0400. The first kappa shape index (κ1) is 13.0. The molecule has 0 saturated carbocycles. The van der Waals surface area contributed by atoms with Crippen LogP contribution in [0.1, 0.15) is 52.9 Å². The van der Waals surface area contributed by atoms with Crippen LogP contribution < -0.4 is 0 Å². The van der Waals surface area contributed by atoms with Gasteiger partial charge < -0.3 is 4.48 Å². The van der Waals surface area contributed by atoms with Crippen molar-refractivity contribution in [2.24, 2.45) is 0 Å². The summed E-state index contributed by atoms with van der Waals surface area (Å²) >= 11 is 0. The highest BCUT2D eigenvalue weighted by atomic mass is 15.3. The molecule has 0 heterocycles. The Labute approximate surface area is 84.7 Å². The highest BCUT2D eigenvalue weighted by molar-refractivity contribution is 4.42. The van der Waals surface area contributed by atoms with E-state index in [2.05, 4.69) is 27.8 Å². The summed E-state index contributed by atoms with van der Waals surface area (Å²) in [7, 11) is 2.43. The van der Waals surface area contributed by atoms with Crippen LogP contribution in [0, 0.1) is 0 Å². The Morgan fingerprint density at radius 3 is 1.46 bits per heavy atom. The van der Waals surface area contributed by atoms with Crippen LogP contribution in [-0.2, 0) is 0 Å². The van der Waals surface area contributed by atoms with Gasteiger partial charge in [-0.05, 0) is 19.3 Å². The molecule has 0 spiro atoms. The molecule has 0 aliphatic heterocycles. The number of hydrogen-bond acceptors (Lipinski definition) is 0. The van der Waals surface area contributed by atoms with Crippen LogP contribution >= 0.6 is 0 Å². The first-order valence-electron chi connectivity index (χ1n) is 6.02. The van der Waals surface area contributed by atoms with Crippen molar-refractivity contribution in [1.29, 1.82) is 0 Å². The van der Waals surface area contributed by atoms with Crippen molar-refractivity contribution in [2.45, 2.75) is 52.9 Å². The quantitative estimate of drug-likeness (QED) is 0.509. The fourth-order valence-corrected chi connectivity index (χ4v) is 1.95. The summed E-state index contributed by atoms with van der Waals surface area (Å²) in [5.74, 6) is 0. The lowest BCUT2D eigenvalue weighted by atomic mass is 10.2. The average Bonchev–Trinajstić information content (AvgIpc) is 2.12. The van der Waals surface area contributed by atoms with Gasteiger partial charge in [0.05, 0.1) is 26.7 Å². The molecule has 0 N–H and O–H groups in total. The summed E-state index contributed by atoms with van der Waals surface area (Å²) in [5.41, 5.74) is 0. The molecule has 0 aromatic rings. The van der Waals surface area contributed by atoms with Gasteiger partial charge in [-0.2, -0.15) is 0 Å². The summed E-state index contributed by atoms with van der Waals surface area (Å²) in [4.78, 5) is 0. The van der Waals surface area contributed by atoms with Crippen molar-refractivity contribution in [2.75, 3.05) is 26.7 Å². The van der Waals surface area contributed by atoms with Crippen LogP contribution in [-0.4, -0.2) is 31.2 Å². The number of quaternary nitrogens is 1. The minimum absolute atomic E-state index is 1.30. The van der Waals surface area contributed by atoms with E-state index in [1.54, 1.807) is 0 Å². The minimum Gasteiger partial charge on any atom is -0.326 e. The predicted molar refractivity (Wildman–Crippen MR) is 60.9 cm³/mol. The largest absolute Gasteiger partial charge is 0.326 e. The maximum atomic E-state index is 2.43. The molecular weight excluding hydrogens is 158 g/mol. The molecule has 0 atom stereocenters. The van der Waals surface area contributed by atoms with Gasteiger partial charge in [-0.15, -0.1) is 0 Å². The normalized spacial score (nSPS) is 12.0. The molecule has 0 saturated heterocycles. The second-order valence-corrected chi connectivity index (χ2v) is 4.50. The lowest BCUT2D eigenvalue weighted by Gasteiger charge is -2.34. The molecule has 0 radical (unpaired) electrons. The Kier molecular flexibility index (Phi) is 7.35. The van der Waals surface area contributed by atoms with Gasteiger partial charge in [0.15, 0.2) is 0 Å².